The summed E-state index contributed by atoms with van der Waals surface area (Å²) in [6, 6.07) is 13.3. The van der Waals surface area contributed by atoms with E-state index in [-0.39, 0.29) is 4.90 Å². The lowest BCUT2D eigenvalue weighted by atomic mass is 10.2. The fourth-order valence-corrected chi connectivity index (χ4v) is 2.44. The Balaban J connectivity index is 2.26. The molecule has 0 atom stereocenters. The Hall–Kier alpha value is -1.65. The fourth-order valence-electron chi connectivity index (χ4n) is 1.45. The van der Waals surface area contributed by atoms with Gasteiger partial charge in [0.05, 0.1) is 4.90 Å². The van der Waals surface area contributed by atoms with Crippen molar-refractivity contribution in [3.63, 3.8) is 0 Å². The van der Waals surface area contributed by atoms with Crippen LogP contribution < -0.4 is 0 Å². The molecule has 3 nitrogen and oxygen atoms in total. The fraction of sp³-hybridized carbons (Fsp3) is 0.0714. The minimum Gasteiger partial charge on any atom is -0.199 e. The zero-order valence-electron chi connectivity index (χ0n) is 10.2. The largest absolute Gasteiger partial charge is 0.282 e. The summed E-state index contributed by atoms with van der Waals surface area (Å²) in [5.41, 5.74) is 1.68. The smallest absolute Gasteiger partial charge is 0.199 e. The summed E-state index contributed by atoms with van der Waals surface area (Å²) >= 11 is 5.75. The van der Waals surface area contributed by atoms with E-state index in [1.54, 1.807) is 48.5 Å². The van der Waals surface area contributed by atoms with Gasteiger partial charge in [0, 0.05) is 11.2 Å². The van der Waals surface area contributed by atoms with Gasteiger partial charge in [0.2, 0.25) is 0 Å². The Labute approximate surface area is 117 Å². The van der Waals surface area contributed by atoms with Gasteiger partial charge in [0.25, 0.3) is 10.0 Å². The molecule has 0 spiro atoms. The lowest BCUT2D eigenvalue weighted by Gasteiger charge is -1.99. The predicted molar refractivity (Wildman–Crippen MR) is 77.4 cm³/mol. The van der Waals surface area contributed by atoms with Crippen molar-refractivity contribution in [2.75, 3.05) is 0 Å². The molecule has 0 aliphatic rings. The second-order valence-corrected chi connectivity index (χ2v) is 6.14. The molecule has 0 fully saturated rings. The summed E-state index contributed by atoms with van der Waals surface area (Å²) in [6.45, 7) is 1.90. The van der Waals surface area contributed by atoms with E-state index >= 15 is 0 Å². The topological polar surface area (TPSA) is 46.5 Å². The Kier molecular flexibility index (Phi) is 4.02. The molecule has 0 unspecified atom stereocenters. The minimum absolute atomic E-state index is 0.184. The van der Waals surface area contributed by atoms with Crippen LogP contribution in [0.2, 0.25) is 5.02 Å². The molecule has 0 aliphatic carbocycles. The molecule has 5 heteroatoms. The SMILES string of the molecule is Cc1ccc(S(=O)(=O)/N=C\c2ccc(Cl)cc2)cc1. The van der Waals surface area contributed by atoms with E-state index in [2.05, 4.69) is 4.40 Å². The molecule has 0 aliphatic heterocycles. The molecular formula is C14H12ClNO2S. The summed E-state index contributed by atoms with van der Waals surface area (Å²) in [6.07, 6.45) is 1.31. The normalized spacial score (nSPS) is 11.9. The van der Waals surface area contributed by atoms with E-state index in [9.17, 15) is 8.42 Å². The number of hydrogen-bond acceptors (Lipinski definition) is 2. The van der Waals surface area contributed by atoms with Crippen LogP contribution in [0.5, 0.6) is 0 Å². The average molecular weight is 294 g/mol. The van der Waals surface area contributed by atoms with E-state index in [4.69, 9.17) is 11.6 Å². The van der Waals surface area contributed by atoms with Gasteiger partial charge in [-0.1, -0.05) is 41.4 Å². The summed E-state index contributed by atoms with van der Waals surface area (Å²) < 4.78 is 27.6. The van der Waals surface area contributed by atoms with Crippen LogP contribution in [0.4, 0.5) is 0 Å². The number of rotatable bonds is 3. The van der Waals surface area contributed by atoms with Crippen LogP contribution in [-0.2, 0) is 10.0 Å². The van der Waals surface area contributed by atoms with Crippen LogP contribution in [-0.4, -0.2) is 14.6 Å². The molecule has 0 amide bonds. The third-order valence-corrected chi connectivity index (χ3v) is 4.03. The highest BCUT2D eigenvalue weighted by molar-refractivity contribution is 7.90. The van der Waals surface area contributed by atoms with Crippen LogP contribution in [0.25, 0.3) is 0 Å². The maximum atomic E-state index is 12.0. The number of hydrogen-bond donors (Lipinski definition) is 0. The molecule has 0 heterocycles. The third-order valence-electron chi connectivity index (χ3n) is 2.53. The molecule has 0 bridgehead atoms. The monoisotopic (exact) mass is 293 g/mol. The quantitative estimate of drug-likeness (QED) is 0.814. The molecule has 19 heavy (non-hydrogen) atoms. The van der Waals surface area contributed by atoms with E-state index in [0.29, 0.717) is 10.6 Å². The van der Waals surface area contributed by atoms with Gasteiger partial charge < -0.3 is 0 Å². The Morgan fingerprint density at radius 2 is 1.58 bits per heavy atom. The van der Waals surface area contributed by atoms with Gasteiger partial charge in [-0.3, -0.25) is 0 Å². The first-order valence-electron chi connectivity index (χ1n) is 5.60. The van der Waals surface area contributed by atoms with E-state index < -0.39 is 10.0 Å². The zero-order valence-corrected chi connectivity index (χ0v) is 11.8. The lowest BCUT2D eigenvalue weighted by Crippen LogP contribution is -1.97. The van der Waals surface area contributed by atoms with Crippen molar-refractivity contribution in [2.24, 2.45) is 4.40 Å². The van der Waals surface area contributed by atoms with Gasteiger partial charge in [-0.25, -0.2) is 0 Å². The molecule has 98 valence electrons. The molecule has 2 aromatic rings. The van der Waals surface area contributed by atoms with Crippen molar-refractivity contribution in [2.45, 2.75) is 11.8 Å². The summed E-state index contributed by atoms with van der Waals surface area (Å²) in [5.74, 6) is 0. The van der Waals surface area contributed by atoms with E-state index in [0.717, 1.165) is 5.56 Å². The molecule has 2 rings (SSSR count). The van der Waals surface area contributed by atoms with Gasteiger partial charge in [-0.05, 0) is 36.8 Å². The highest BCUT2D eigenvalue weighted by Crippen LogP contribution is 2.14. The molecule has 0 N–H and O–H groups in total. The van der Waals surface area contributed by atoms with Crippen LogP contribution in [0, 0.1) is 6.92 Å². The van der Waals surface area contributed by atoms with Crippen LogP contribution in [0.15, 0.2) is 57.8 Å². The Morgan fingerprint density at radius 1 is 1.00 bits per heavy atom. The third kappa shape index (κ3) is 3.66. The molecule has 0 saturated heterocycles. The second-order valence-electron chi connectivity index (χ2n) is 4.07. The van der Waals surface area contributed by atoms with Crippen molar-refractivity contribution in [3.8, 4) is 0 Å². The number of benzene rings is 2. The van der Waals surface area contributed by atoms with Gasteiger partial charge in [-0.2, -0.15) is 12.8 Å². The summed E-state index contributed by atoms with van der Waals surface area (Å²) in [4.78, 5) is 0.184. The summed E-state index contributed by atoms with van der Waals surface area (Å²) in [5, 5.41) is 0.596. The summed E-state index contributed by atoms with van der Waals surface area (Å²) in [7, 11) is -3.65. The van der Waals surface area contributed by atoms with Crippen molar-refractivity contribution in [1.82, 2.24) is 0 Å². The molecular weight excluding hydrogens is 282 g/mol. The highest BCUT2D eigenvalue weighted by Gasteiger charge is 2.10. The van der Waals surface area contributed by atoms with E-state index in [1.165, 1.54) is 6.21 Å². The standard InChI is InChI=1S/C14H12ClNO2S/c1-11-2-8-14(9-3-11)19(17,18)16-10-12-4-6-13(15)7-5-12/h2-10H,1H3/b16-10-. The molecule has 2 aromatic carbocycles. The lowest BCUT2D eigenvalue weighted by molar-refractivity contribution is 0.598. The van der Waals surface area contributed by atoms with Gasteiger partial charge in [0.1, 0.15) is 0 Å². The molecule has 0 saturated carbocycles. The minimum atomic E-state index is -3.65. The first kappa shape index (κ1) is 13.8. The first-order valence-corrected chi connectivity index (χ1v) is 7.42. The molecule has 0 radical (unpaired) electrons. The van der Waals surface area contributed by atoms with Gasteiger partial charge >= 0.3 is 0 Å². The second kappa shape index (κ2) is 5.55. The van der Waals surface area contributed by atoms with Crippen molar-refractivity contribution in [3.05, 3.63) is 64.7 Å². The zero-order chi connectivity index (χ0) is 13.9. The maximum Gasteiger partial charge on any atom is 0.282 e. The number of halogens is 1. The van der Waals surface area contributed by atoms with E-state index in [1.807, 2.05) is 6.92 Å². The number of nitrogens with zero attached hydrogens (tertiary/aromatic N) is 1. The number of aryl methyl sites for hydroxylation is 1. The van der Waals surface area contributed by atoms with Crippen LogP contribution in [0.1, 0.15) is 11.1 Å². The number of sulfonamides is 1. The maximum absolute atomic E-state index is 12.0. The highest BCUT2D eigenvalue weighted by atomic mass is 35.5. The first-order chi connectivity index (χ1) is 8.97. The van der Waals surface area contributed by atoms with Crippen molar-refractivity contribution in [1.29, 1.82) is 0 Å². The van der Waals surface area contributed by atoms with Crippen LogP contribution in [0.3, 0.4) is 0 Å². The Bertz CT molecular complexity index is 689. The molecule has 0 aromatic heterocycles. The van der Waals surface area contributed by atoms with Gasteiger partial charge in [-0.15, -0.1) is 0 Å². The van der Waals surface area contributed by atoms with Crippen molar-refractivity contribution < 1.29 is 8.42 Å². The van der Waals surface area contributed by atoms with Crippen molar-refractivity contribution >= 4 is 27.8 Å². The average Bonchev–Trinajstić information content (AvgIpc) is 2.39. The van der Waals surface area contributed by atoms with Crippen LogP contribution >= 0.6 is 11.6 Å². The van der Waals surface area contributed by atoms with Gasteiger partial charge in [0.15, 0.2) is 0 Å². The predicted octanol–water partition coefficient (Wildman–Crippen LogP) is 3.46. The Morgan fingerprint density at radius 3 is 2.16 bits per heavy atom.